The van der Waals surface area contributed by atoms with Crippen molar-refractivity contribution in [2.45, 2.75) is 18.9 Å². The van der Waals surface area contributed by atoms with E-state index in [1.807, 2.05) is 17.5 Å². The number of amides is 2. The maximum absolute atomic E-state index is 12.0. The molecule has 0 spiro atoms. The summed E-state index contributed by atoms with van der Waals surface area (Å²) in [6.07, 6.45) is -0.346. The van der Waals surface area contributed by atoms with Gasteiger partial charge in [0.15, 0.2) is 5.76 Å². The van der Waals surface area contributed by atoms with Crippen LogP contribution in [0.25, 0.3) is 10.6 Å². The molecule has 8 heteroatoms. The number of rotatable bonds is 7. The third-order valence-electron chi connectivity index (χ3n) is 2.89. The predicted octanol–water partition coefficient (Wildman–Crippen LogP) is 1.46. The van der Waals surface area contributed by atoms with Gasteiger partial charge in [0, 0.05) is 6.42 Å². The van der Waals surface area contributed by atoms with Crippen molar-refractivity contribution >= 4 is 29.1 Å². The summed E-state index contributed by atoms with van der Waals surface area (Å²) in [5.74, 6) is -1.90. The highest BCUT2D eigenvalue weighted by Crippen LogP contribution is 2.26. The minimum Gasteiger partial charge on any atom is -0.481 e. The lowest BCUT2D eigenvalue weighted by atomic mass is 10.1. The molecule has 2 rings (SSSR count). The first-order valence-electron chi connectivity index (χ1n) is 6.43. The van der Waals surface area contributed by atoms with Crippen LogP contribution in [0.5, 0.6) is 0 Å². The molecule has 0 bridgehead atoms. The Bertz CT molecular complexity index is 677. The SMILES string of the molecule is NC(=O)[C@H](CCC(=O)O)NC(=O)c1ccc(-c2cccs2)o1. The fourth-order valence-electron chi connectivity index (χ4n) is 1.79. The molecule has 0 aliphatic heterocycles. The van der Waals surface area contributed by atoms with Gasteiger partial charge in [-0.25, -0.2) is 0 Å². The van der Waals surface area contributed by atoms with Gasteiger partial charge >= 0.3 is 5.97 Å². The molecule has 0 unspecified atom stereocenters. The molecular weight excluding hydrogens is 308 g/mol. The third kappa shape index (κ3) is 3.95. The summed E-state index contributed by atoms with van der Waals surface area (Å²) in [5, 5.41) is 12.9. The van der Waals surface area contributed by atoms with E-state index in [2.05, 4.69) is 5.32 Å². The summed E-state index contributed by atoms with van der Waals surface area (Å²) in [7, 11) is 0. The molecule has 0 saturated heterocycles. The molecule has 0 radical (unpaired) electrons. The number of primary amides is 1. The summed E-state index contributed by atoms with van der Waals surface area (Å²) in [6, 6.07) is 5.79. The Morgan fingerprint density at radius 3 is 2.68 bits per heavy atom. The van der Waals surface area contributed by atoms with Gasteiger partial charge in [0.05, 0.1) is 4.88 Å². The van der Waals surface area contributed by atoms with Crippen LogP contribution in [0.15, 0.2) is 34.1 Å². The van der Waals surface area contributed by atoms with Crippen molar-refractivity contribution in [2.24, 2.45) is 5.73 Å². The molecule has 22 heavy (non-hydrogen) atoms. The number of carbonyl (C=O) groups excluding carboxylic acids is 2. The molecule has 0 aliphatic rings. The molecule has 7 nitrogen and oxygen atoms in total. The average molecular weight is 322 g/mol. The first-order chi connectivity index (χ1) is 10.5. The van der Waals surface area contributed by atoms with E-state index in [-0.39, 0.29) is 18.6 Å². The number of aliphatic carboxylic acids is 1. The second kappa shape index (κ2) is 6.90. The highest BCUT2D eigenvalue weighted by molar-refractivity contribution is 7.13. The van der Waals surface area contributed by atoms with E-state index < -0.39 is 23.8 Å². The Kier molecular flexibility index (Phi) is 4.95. The molecule has 2 aromatic heterocycles. The number of carboxylic acids is 1. The number of furan rings is 1. The number of carbonyl (C=O) groups is 3. The Morgan fingerprint density at radius 1 is 1.32 bits per heavy atom. The van der Waals surface area contributed by atoms with Crippen molar-refractivity contribution in [1.29, 1.82) is 0 Å². The number of carboxylic acid groups (broad SMARTS) is 1. The van der Waals surface area contributed by atoms with Gasteiger partial charge in [-0.1, -0.05) is 6.07 Å². The first kappa shape index (κ1) is 15.8. The van der Waals surface area contributed by atoms with E-state index >= 15 is 0 Å². The topological polar surface area (TPSA) is 123 Å². The number of hydrogen-bond acceptors (Lipinski definition) is 5. The van der Waals surface area contributed by atoms with Crippen LogP contribution in [0.4, 0.5) is 0 Å². The zero-order valence-electron chi connectivity index (χ0n) is 11.4. The van der Waals surface area contributed by atoms with E-state index in [1.165, 1.54) is 17.4 Å². The monoisotopic (exact) mass is 322 g/mol. The van der Waals surface area contributed by atoms with E-state index in [9.17, 15) is 14.4 Å². The molecule has 0 saturated carbocycles. The molecule has 1 atom stereocenters. The van der Waals surface area contributed by atoms with E-state index in [4.69, 9.17) is 15.3 Å². The van der Waals surface area contributed by atoms with Crippen molar-refractivity contribution in [2.75, 3.05) is 0 Å². The molecule has 2 amide bonds. The quantitative estimate of drug-likeness (QED) is 0.712. The Labute approximate surface area is 129 Å². The van der Waals surface area contributed by atoms with Crippen LogP contribution in [0.3, 0.4) is 0 Å². The number of nitrogens with one attached hydrogen (secondary N) is 1. The Hall–Kier alpha value is -2.61. The molecule has 116 valence electrons. The lowest BCUT2D eigenvalue weighted by Crippen LogP contribution is -2.44. The van der Waals surface area contributed by atoms with Crippen LogP contribution >= 0.6 is 11.3 Å². The zero-order valence-corrected chi connectivity index (χ0v) is 12.3. The minimum atomic E-state index is -1.07. The maximum Gasteiger partial charge on any atom is 0.303 e. The lowest BCUT2D eigenvalue weighted by molar-refractivity contribution is -0.137. The normalized spacial score (nSPS) is 11.8. The van der Waals surface area contributed by atoms with Crippen molar-refractivity contribution in [3.8, 4) is 10.6 Å². The van der Waals surface area contributed by atoms with Gasteiger partial charge in [0.1, 0.15) is 11.8 Å². The van der Waals surface area contributed by atoms with Gasteiger partial charge in [-0.05, 0) is 30.0 Å². The first-order valence-corrected chi connectivity index (χ1v) is 7.31. The van der Waals surface area contributed by atoms with Gasteiger partial charge in [-0.15, -0.1) is 11.3 Å². The fraction of sp³-hybridized carbons (Fsp3) is 0.214. The molecule has 2 heterocycles. The third-order valence-corrected chi connectivity index (χ3v) is 3.77. The van der Waals surface area contributed by atoms with Crippen molar-refractivity contribution in [3.63, 3.8) is 0 Å². The highest BCUT2D eigenvalue weighted by Gasteiger charge is 2.22. The Morgan fingerprint density at radius 2 is 2.09 bits per heavy atom. The standard InChI is InChI=1S/C14H14N2O5S/c15-13(19)8(3-6-12(17)18)16-14(20)10-5-4-9(21-10)11-2-1-7-22-11/h1-2,4-5,7-8H,3,6H2,(H2,15,19)(H,16,20)(H,17,18)/t8-/m0/s1. The van der Waals surface area contributed by atoms with Gasteiger partial charge in [0.2, 0.25) is 5.91 Å². The predicted molar refractivity (Wildman–Crippen MR) is 79.3 cm³/mol. The van der Waals surface area contributed by atoms with Gasteiger partial charge in [-0.2, -0.15) is 0 Å². The van der Waals surface area contributed by atoms with Crippen molar-refractivity contribution in [3.05, 3.63) is 35.4 Å². The van der Waals surface area contributed by atoms with E-state index in [1.54, 1.807) is 6.07 Å². The summed E-state index contributed by atoms with van der Waals surface area (Å²) >= 11 is 1.47. The van der Waals surface area contributed by atoms with Crippen LogP contribution in [-0.2, 0) is 9.59 Å². The number of hydrogen-bond donors (Lipinski definition) is 3. The summed E-state index contributed by atoms with van der Waals surface area (Å²) in [4.78, 5) is 34.7. The lowest BCUT2D eigenvalue weighted by Gasteiger charge is -2.13. The second-order valence-corrected chi connectivity index (χ2v) is 5.45. The van der Waals surface area contributed by atoms with Crippen LogP contribution < -0.4 is 11.1 Å². The van der Waals surface area contributed by atoms with Crippen LogP contribution in [-0.4, -0.2) is 28.9 Å². The molecule has 0 fully saturated rings. The molecular formula is C14H14N2O5S. The van der Waals surface area contributed by atoms with E-state index in [0.717, 1.165) is 4.88 Å². The van der Waals surface area contributed by atoms with Crippen molar-refractivity contribution < 1.29 is 23.9 Å². The highest BCUT2D eigenvalue weighted by atomic mass is 32.1. The molecule has 0 aromatic carbocycles. The Balaban J connectivity index is 2.04. The van der Waals surface area contributed by atoms with Crippen LogP contribution in [0, 0.1) is 0 Å². The summed E-state index contributed by atoms with van der Waals surface area (Å²) < 4.78 is 5.43. The maximum atomic E-state index is 12.0. The second-order valence-electron chi connectivity index (χ2n) is 4.50. The largest absolute Gasteiger partial charge is 0.481 e. The molecule has 0 aliphatic carbocycles. The molecule has 4 N–H and O–H groups in total. The summed E-state index contributed by atoms with van der Waals surface area (Å²) in [5.41, 5.74) is 5.16. The smallest absolute Gasteiger partial charge is 0.303 e. The van der Waals surface area contributed by atoms with Gasteiger partial charge in [-0.3, -0.25) is 14.4 Å². The number of thiophene rings is 1. The number of nitrogens with two attached hydrogens (primary N) is 1. The fourth-order valence-corrected chi connectivity index (χ4v) is 2.48. The van der Waals surface area contributed by atoms with Crippen LogP contribution in [0.1, 0.15) is 23.4 Å². The van der Waals surface area contributed by atoms with Gasteiger partial charge in [0.25, 0.3) is 5.91 Å². The zero-order chi connectivity index (χ0) is 16.1. The minimum absolute atomic E-state index is 0.0324. The van der Waals surface area contributed by atoms with E-state index in [0.29, 0.717) is 5.76 Å². The van der Waals surface area contributed by atoms with Crippen molar-refractivity contribution in [1.82, 2.24) is 5.32 Å². The average Bonchev–Trinajstić information content (AvgIpc) is 3.11. The molecule has 2 aromatic rings. The van der Waals surface area contributed by atoms with Gasteiger partial charge < -0.3 is 20.6 Å². The van der Waals surface area contributed by atoms with Crippen LogP contribution in [0.2, 0.25) is 0 Å². The summed E-state index contributed by atoms with van der Waals surface area (Å²) in [6.45, 7) is 0.